The summed E-state index contributed by atoms with van der Waals surface area (Å²) in [6, 6.07) is 10.3. The third-order valence-corrected chi connectivity index (χ3v) is 6.22. The normalized spacial score (nSPS) is 13.4. The van der Waals surface area contributed by atoms with E-state index in [1.165, 1.54) is 54.3 Å². The van der Waals surface area contributed by atoms with Gasteiger partial charge < -0.3 is 9.26 Å². The van der Waals surface area contributed by atoms with Crippen molar-refractivity contribution in [1.29, 1.82) is 0 Å². The number of sulfonamides is 1. The van der Waals surface area contributed by atoms with Crippen LogP contribution in [-0.4, -0.2) is 36.9 Å². The summed E-state index contributed by atoms with van der Waals surface area (Å²) >= 11 is 0. The average Bonchev–Trinajstić information content (AvgIpc) is 3.23. The van der Waals surface area contributed by atoms with E-state index < -0.39 is 10.0 Å². The monoisotopic (exact) mass is 456 g/mol. The molecular formula is C21H20N4O6S. The van der Waals surface area contributed by atoms with Crippen LogP contribution >= 0.6 is 0 Å². The molecule has 32 heavy (non-hydrogen) atoms. The van der Waals surface area contributed by atoms with Crippen molar-refractivity contribution in [3.63, 3.8) is 0 Å². The molecule has 2 heterocycles. The highest BCUT2D eigenvalue weighted by atomic mass is 32.2. The first-order valence-electron chi connectivity index (χ1n) is 9.79. The summed E-state index contributed by atoms with van der Waals surface area (Å²) in [6.45, 7) is 3.13. The van der Waals surface area contributed by atoms with Gasteiger partial charge in [-0.25, -0.2) is 8.42 Å². The van der Waals surface area contributed by atoms with Crippen LogP contribution in [0, 0.1) is 0 Å². The number of fused-ring (bicyclic) bond motifs is 1. The molecule has 1 N–H and O–H groups in total. The number of nitrogens with one attached hydrogen (secondary N) is 1. The number of ketones is 1. The number of Topliss-reactive ketones (excluding diaryl/α,β-unsaturated/α-hetero) is 1. The lowest BCUT2D eigenvalue weighted by molar-refractivity contribution is -0.121. The van der Waals surface area contributed by atoms with Gasteiger partial charge in [0.05, 0.1) is 17.1 Å². The number of rotatable bonds is 7. The zero-order valence-electron chi connectivity index (χ0n) is 17.4. The van der Waals surface area contributed by atoms with Gasteiger partial charge in [-0.2, -0.15) is 4.98 Å². The van der Waals surface area contributed by atoms with Crippen molar-refractivity contribution in [2.75, 3.05) is 16.2 Å². The predicted octanol–water partition coefficient (Wildman–Crippen LogP) is 2.56. The largest absolute Gasteiger partial charge is 0.482 e. The van der Waals surface area contributed by atoms with Crippen LogP contribution in [0.15, 0.2) is 51.9 Å². The van der Waals surface area contributed by atoms with Crippen LogP contribution < -0.4 is 14.4 Å². The molecule has 0 atom stereocenters. The number of anilines is 2. The summed E-state index contributed by atoms with van der Waals surface area (Å²) in [7, 11) is -3.97. The van der Waals surface area contributed by atoms with E-state index in [0.29, 0.717) is 40.8 Å². The topological polar surface area (TPSA) is 132 Å². The molecule has 0 fully saturated rings. The van der Waals surface area contributed by atoms with Gasteiger partial charge in [-0.05, 0) is 49.4 Å². The number of aromatic nitrogens is 2. The molecule has 0 unspecified atom stereocenters. The lowest BCUT2D eigenvalue weighted by Crippen LogP contribution is -2.38. The van der Waals surface area contributed by atoms with Crippen molar-refractivity contribution in [2.45, 2.75) is 31.7 Å². The number of carbonyl (C=O) groups is 2. The molecular weight excluding hydrogens is 436 g/mol. The number of hydrogen-bond acceptors (Lipinski definition) is 8. The fourth-order valence-electron chi connectivity index (χ4n) is 3.15. The Kier molecular flexibility index (Phi) is 5.66. The van der Waals surface area contributed by atoms with Crippen LogP contribution in [0.1, 0.15) is 35.9 Å². The fourth-order valence-corrected chi connectivity index (χ4v) is 4.23. The molecule has 2 aromatic carbocycles. The van der Waals surface area contributed by atoms with E-state index in [4.69, 9.17) is 9.26 Å². The van der Waals surface area contributed by atoms with Gasteiger partial charge in [0.2, 0.25) is 5.89 Å². The summed E-state index contributed by atoms with van der Waals surface area (Å²) in [5, 5.41) is 3.86. The molecule has 0 saturated heterocycles. The van der Waals surface area contributed by atoms with Crippen molar-refractivity contribution in [1.82, 2.24) is 10.1 Å². The summed E-state index contributed by atoms with van der Waals surface area (Å²) in [5.74, 6) is 0.639. The van der Waals surface area contributed by atoms with Gasteiger partial charge in [-0.1, -0.05) is 12.1 Å². The second-order valence-corrected chi connectivity index (χ2v) is 8.78. The Morgan fingerprint density at radius 1 is 1.19 bits per heavy atom. The van der Waals surface area contributed by atoms with Crippen LogP contribution in [-0.2, 0) is 27.8 Å². The number of amides is 1. The van der Waals surface area contributed by atoms with Crippen LogP contribution in [0.3, 0.4) is 0 Å². The minimum atomic E-state index is -3.97. The van der Waals surface area contributed by atoms with E-state index in [0.717, 1.165) is 0 Å². The minimum absolute atomic E-state index is 0.0160. The second-order valence-electron chi connectivity index (χ2n) is 7.10. The van der Waals surface area contributed by atoms with Crippen LogP contribution in [0.2, 0.25) is 0 Å². The maximum atomic E-state index is 12.9. The molecule has 1 aromatic heterocycles. The molecule has 0 radical (unpaired) electrons. The highest BCUT2D eigenvalue weighted by Crippen LogP contribution is 2.35. The molecule has 3 aromatic rings. The lowest BCUT2D eigenvalue weighted by Gasteiger charge is -2.28. The van der Waals surface area contributed by atoms with Gasteiger partial charge in [-0.15, -0.1) is 0 Å². The molecule has 10 nitrogen and oxygen atoms in total. The van der Waals surface area contributed by atoms with Gasteiger partial charge in [0.15, 0.2) is 18.2 Å². The van der Waals surface area contributed by atoms with E-state index in [1.807, 2.05) is 6.92 Å². The Morgan fingerprint density at radius 2 is 1.94 bits per heavy atom. The third-order valence-electron chi connectivity index (χ3n) is 4.84. The fraction of sp³-hybridized carbons (Fsp3) is 0.238. The Hall–Kier alpha value is -3.73. The van der Waals surface area contributed by atoms with E-state index in [9.17, 15) is 18.0 Å². The number of hydrogen-bond donors (Lipinski definition) is 1. The summed E-state index contributed by atoms with van der Waals surface area (Å²) < 4.78 is 38.9. The quantitative estimate of drug-likeness (QED) is 0.537. The van der Waals surface area contributed by atoms with Crippen molar-refractivity contribution >= 4 is 33.1 Å². The molecule has 1 aliphatic heterocycles. The van der Waals surface area contributed by atoms with Gasteiger partial charge in [-0.3, -0.25) is 19.2 Å². The van der Waals surface area contributed by atoms with Gasteiger partial charge in [0.1, 0.15) is 5.75 Å². The van der Waals surface area contributed by atoms with Crippen molar-refractivity contribution < 1.29 is 27.3 Å². The predicted molar refractivity (Wildman–Crippen MR) is 114 cm³/mol. The first kappa shape index (κ1) is 21.5. The first-order valence-corrected chi connectivity index (χ1v) is 11.3. The number of carbonyl (C=O) groups excluding carboxylic acids is 2. The summed E-state index contributed by atoms with van der Waals surface area (Å²) in [5.41, 5.74) is 1.07. The van der Waals surface area contributed by atoms with Crippen molar-refractivity contribution in [3.05, 3.63) is 59.7 Å². The van der Waals surface area contributed by atoms with Crippen molar-refractivity contribution in [2.24, 2.45) is 0 Å². The summed E-state index contributed by atoms with van der Waals surface area (Å²) in [4.78, 5) is 29.4. The van der Waals surface area contributed by atoms with E-state index >= 15 is 0 Å². The van der Waals surface area contributed by atoms with Crippen molar-refractivity contribution in [3.8, 4) is 5.75 Å². The molecule has 4 rings (SSSR count). The molecule has 0 aliphatic carbocycles. The van der Waals surface area contributed by atoms with E-state index in [2.05, 4.69) is 14.9 Å². The molecule has 0 saturated carbocycles. The second kappa shape index (κ2) is 8.42. The molecule has 1 aliphatic rings. The molecule has 0 bridgehead atoms. The van der Waals surface area contributed by atoms with Gasteiger partial charge in [0, 0.05) is 17.7 Å². The van der Waals surface area contributed by atoms with Gasteiger partial charge >= 0.3 is 0 Å². The number of aryl methyl sites for hydroxylation is 1. The smallest absolute Gasteiger partial charge is 0.265 e. The Balaban J connectivity index is 1.62. The number of nitrogens with zero attached hydrogens (tertiary/aromatic N) is 3. The van der Waals surface area contributed by atoms with Crippen LogP contribution in [0.4, 0.5) is 11.4 Å². The maximum Gasteiger partial charge on any atom is 0.265 e. The van der Waals surface area contributed by atoms with E-state index in [-0.39, 0.29) is 29.7 Å². The minimum Gasteiger partial charge on any atom is -0.482 e. The molecule has 11 heteroatoms. The van der Waals surface area contributed by atoms with Crippen LogP contribution in [0.25, 0.3) is 0 Å². The highest BCUT2D eigenvalue weighted by molar-refractivity contribution is 7.92. The average molecular weight is 456 g/mol. The number of ether oxygens (including phenoxy) is 1. The standard InChI is InChI=1S/C21H20N4O6S/c1-3-20-22-19(23-31-20)11-25-17-10-16(8-9-18(17)30-12-21(25)27)32(28,29)24-15-6-4-14(5-7-15)13(2)26/h4-10,24H,3,11-12H2,1-2H3. The Labute approximate surface area is 184 Å². The first-order chi connectivity index (χ1) is 15.3. The lowest BCUT2D eigenvalue weighted by atomic mass is 10.1. The third kappa shape index (κ3) is 4.33. The zero-order valence-corrected chi connectivity index (χ0v) is 18.2. The molecule has 0 spiro atoms. The molecule has 166 valence electrons. The zero-order chi connectivity index (χ0) is 22.9. The Morgan fingerprint density at radius 3 is 2.59 bits per heavy atom. The van der Waals surface area contributed by atoms with Gasteiger partial charge in [0.25, 0.3) is 15.9 Å². The van der Waals surface area contributed by atoms with Crippen LogP contribution in [0.5, 0.6) is 5.75 Å². The van der Waals surface area contributed by atoms with E-state index in [1.54, 1.807) is 0 Å². The summed E-state index contributed by atoms with van der Waals surface area (Å²) in [6.07, 6.45) is 0.558. The SMILES string of the molecule is CCc1nc(CN2C(=O)COc3ccc(S(=O)(=O)Nc4ccc(C(C)=O)cc4)cc32)no1. The number of benzene rings is 2. The molecule has 1 amide bonds. The highest BCUT2D eigenvalue weighted by Gasteiger charge is 2.29. The maximum absolute atomic E-state index is 12.9. The Bertz CT molecular complexity index is 1280.